The highest BCUT2D eigenvalue weighted by Gasteiger charge is 2.21. The Balaban J connectivity index is 2.95. The Labute approximate surface area is 174 Å². The summed E-state index contributed by atoms with van der Waals surface area (Å²) < 4.78 is 38.9. The van der Waals surface area contributed by atoms with Gasteiger partial charge < -0.3 is 0 Å². The predicted octanol–water partition coefficient (Wildman–Crippen LogP) is -0.0786. The molecule has 0 bridgehead atoms. The van der Waals surface area contributed by atoms with Crippen molar-refractivity contribution in [3.05, 3.63) is 0 Å². The summed E-state index contributed by atoms with van der Waals surface area (Å²) in [5, 5.41) is 0. The van der Waals surface area contributed by atoms with Crippen LogP contribution in [0.2, 0.25) is 0 Å². The average molecular weight is 436 g/mol. The number of rotatable bonds is 9. The van der Waals surface area contributed by atoms with Gasteiger partial charge in [0.05, 0.1) is 26.2 Å². The second-order valence-electron chi connectivity index (χ2n) is 7.79. The Bertz CT molecular complexity index is 574. The lowest BCUT2D eigenvalue weighted by atomic mass is 10.1. The van der Waals surface area contributed by atoms with Crippen LogP contribution in [-0.4, -0.2) is 122 Å². The molecule has 0 saturated carbocycles. The molecule has 0 aliphatic carbocycles. The number of hydrogen-bond acceptors (Lipinski definition) is 8. The van der Waals surface area contributed by atoms with Gasteiger partial charge in [0.2, 0.25) is 0 Å². The fraction of sp³-hybridized carbons (Fsp3) is 0.789. The smallest absolute Gasteiger partial charge is 0.298 e. The third kappa shape index (κ3) is 11.5. The average Bonchev–Trinajstić information content (AvgIpc) is 2.62. The Morgan fingerprint density at radius 3 is 1.00 bits per heavy atom. The van der Waals surface area contributed by atoms with Gasteiger partial charge >= 0.3 is 18.1 Å². The first kappa shape index (κ1) is 26.3. The highest BCUT2D eigenvalue weighted by atomic mass is 19.1. The van der Waals surface area contributed by atoms with Crippen LogP contribution in [0.5, 0.6) is 0 Å². The van der Waals surface area contributed by atoms with Crippen LogP contribution >= 0.6 is 0 Å². The zero-order valence-electron chi connectivity index (χ0n) is 17.6. The second kappa shape index (κ2) is 13.6. The summed E-state index contributed by atoms with van der Waals surface area (Å²) in [6.07, 6.45) is 0. The van der Waals surface area contributed by atoms with Crippen LogP contribution < -0.4 is 0 Å². The van der Waals surface area contributed by atoms with E-state index in [4.69, 9.17) is 0 Å². The summed E-state index contributed by atoms with van der Waals surface area (Å²) in [6, 6.07) is -4.55. The molecule has 11 heteroatoms. The van der Waals surface area contributed by atoms with Crippen molar-refractivity contribution in [2.75, 3.05) is 78.5 Å². The normalized spacial score (nSPS) is 19.3. The number of Topliss-reactive ketones (excluding diaryl/α,β-unsaturated/α-hetero) is 1. The molecule has 1 saturated heterocycles. The molecular formula is C19H31F3N4O4. The molecule has 0 aromatic carbocycles. The van der Waals surface area contributed by atoms with Gasteiger partial charge in [-0.1, -0.05) is 13.8 Å². The minimum absolute atomic E-state index is 0.0102. The van der Waals surface area contributed by atoms with Crippen molar-refractivity contribution in [2.24, 2.45) is 5.92 Å². The van der Waals surface area contributed by atoms with E-state index in [1.54, 1.807) is 23.6 Å². The summed E-state index contributed by atoms with van der Waals surface area (Å²) in [5.41, 5.74) is 0. The number of carbonyl (C=O) groups excluding carboxylic acids is 4. The molecule has 0 aromatic heterocycles. The van der Waals surface area contributed by atoms with Gasteiger partial charge in [0, 0.05) is 58.3 Å². The Kier molecular flexibility index (Phi) is 11.9. The number of hydrogen-bond donors (Lipinski definition) is 0. The minimum atomic E-state index is -1.54. The van der Waals surface area contributed by atoms with Gasteiger partial charge in [0.15, 0.2) is 0 Å². The third-order valence-electron chi connectivity index (χ3n) is 5.00. The lowest BCUT2D eigenvalue weighted by molar-refractivity contribution is -0.132. The molecule has 0 spiro atoms. The Morgan fingerprint density at radius 1 is 0.567 bits per heavy atom. The van der Waals surface area contributed by atoms with Crippen LogP contribution in [-0.2, 0) is 19.2 Å². The molecule has 1 aliphatic heterocycles. The van der Waals surface area contributed by atoms with Gasteiger partial charge in [-0.15, -0.1) is 0 Å². The lowest BCUT2D eigenvalue weighted by Crippen LogP contribution is -2.48. The molecule has 1 aliphatic rings. The standard InChI is InChI=1S/C19H31F3N4O4/c1-15(2)16(27)11-23-3-5-24(12-17(20)28)7-9-26(14-19(22)30)10-8-25(6-4-23)13-18(21)29/h15H,3-14H2,1-2H3. The first-order valence-corrected chi connectivity index (χ1v) is 10.0. The predicted molar refractivity (Wildman–Crippen MR) is 104 cm³/mol. The first-order chi connectivity index (χ1) is 14.1. The molecule has 0 aromatic rings. The molecule has 0 atom stereocenters. The summed E-state index contributed by atoms with van der Waals surface area (Å²) in [7, 11) is 0. The van der Waals surface area contributed by atoms with Crippen LogP contribution in [0.1, 0.15) is 13.8 Å². The quantitative estimate of drug-likeness (QED) is 0.465. The van der Waals surface area contributed by atoms with Gasteiger partial charge in [-0.05, 0) is 0 Å². The van der Waals surface area contributed by atoms with Gasteiger partial charge in [0.1, 0.15) is 5.78 Å². The maximum absolute atomic E-state index is 13.0. The van der Waals surface area contributed by atoms with Gasteiger partial charge in [-0.3, -0.25) is 38.8 Å². The number of ketones is 1. The minimum Gasteiger partial charge on any atom is -0.298 e. The summed E-state index contributed by atoms with van der Waals surface area (Å²) >= 11 is 0. The van der Waals surface area contributed by atoms with E-state index in [9.17, 15) is 32.3 Å². The van der Waals surface area contributed by atoms with Crippen molar-refractivity contribution in [2.45, 2.75) is 13.8 Å². The number of halogens is 3. The molecule has 0 radical (unpaired) electrons. The fourth-order valence-corrected chi connectivity index (χ4v) is 3.14. The van der Waals surface area contributed by atoms with Crippen molar-refractivity contribution in [1.29, 1.82) is 0 Å². The van der Waals surface area contributed by atoms with E-state index in [1.165, 1.54) is 4.90 Å². The van der Waals surface area contributed by atoms with Crippen LogP contribution in [0.3, 0.4) is 0 Å². The molecule has 1 rings (SSSR count). The van der Waals surface area contributed by atoms with Gasteiger partial charge in [0.25, 0.3) is 0 Å². The molecular weight excluding hydrogens is 405 g/mol. The van der Waals surface area contributed by atoms with Gasteiger partial charge in [-0.2, -0.15) is 13.2 Å². The maximum Gasteiger partial charge on any atom is 0.315 e. The van der Waals surface area contributed by atoms with Gasteiger partial charge in [-0.25, -0.2) is 0 Å². The van der Waals surface area contributed by atoms with Crippen molar-refractivity contribution in [3.8, 4) is 0 Å². The SMILES string of the molecule is CC(C)C(=O)CN1CCN(CC(=O)F)CCN(CC(=O)F)CCN(CC(=O)F)CC1. The molecule has 0 unspecified atom stereocenters. The molecule has 30 heavy (non-hydrogen) atoms. The van der Waals surface area contributed by atoms with E-state index < -0.39 is 37.7 Å². The Morgan fingerprint density at radius 2 is 0.800 bits per heavy atom. The zero-order chi connectivity index (χ0) is 22.7. The number of nitrogens with zero attached hydrogens (tertiary/aromatic N) is 4. The van der Waals surface area contributed by atoms with Crippen molar-refractivity contribution in [1.82, 2.24) is 19.6 Å². The number of carbonyl (C=O) groups is 4. The highest BCUT2D eigenvalue weighted by Crippen LogP contribution is 2.04. The third-order valence-corrected chi connectivity index (χ3v) is 5.00. The van der Waals surface area contributed by atoms with E-state index in [0.717, 1.165) is 0 Å². The topological polar surface area (TPSA) is 81.2 Å². The maximum atomic E-state index is 13.0. The van der Waals surface area contributed by atoms with E-state index in [2.05, 4.69) is 0 Å². The lowest BCUT2D eigenvalue weighted by Gasteiger charge is -2.33. The van der Waals surface area contributed by atoms with Crippen molar-refractivity contribution in [3.63, 3.8) is 0 Å². The van der Waals surface area contributed by atoms with E-state index >= 15 is 0 Å². The summed E-state index contributed by atoms with van der Waals surface area (Å²) in [4.78, 5) is 51.4. The zero-order valence-corrected chi connectivity index (χ0v) is 17.6. The molecule has 0 amide bonds. The van der Waals surface area contributed by atoms with E-state index in [-0.39, 0.29) is 57.5 Å². The van der Waals surface area contributed by atoms with Crippen molar-refractivity contribution >= 4 is 23.9 Å². The molecule has 1 heterocycles. The summed E-state index contributed by atoms with van der Waals surface area (Å²) in [5.74, 6) is -0.166. The first-order valence-electron chi connectivity index (χ1n) is 10.0. The van der Waals surface area contributed by atoms with E-state index in [0.29, 0.717) is 13.1 Å². The molecule has 8 nitrogen and oxygen atoms in total. The van der Waals surface area contributed by atoms with Crippen LogP contribution in [0.15, 0.2) is 0 Å². The second-order valence-corrected chi connectivity index (χ2v) is 7.79. The van der Waals surface area contributed by atoms with Crippen molar-refractivity contribution < 1.29 is 32.3 Å². The fourth-order valence-electron chi connectivity index (χ4n) is 3.14. The van der Waals surface area contributed by atoms with Crippen LogP contribution in [0.4, 0.5) is 13.2 Å². The summed E-state index contributed by atoms with van der Waals surface area (Å²) in [6.45, 7) is 4.39. The monoisotopic (exact) mass is 436 g/mol. The van der Waals surface area contributed by atoms with Crippen LogP contribution in [0, 0.1) is 5.92 Å². The molecule has 1 fully saturated rings. The largest absolute Gasteiger partial charge is 0.315 e. The Hall–Kier alpha value is -1.69. The molecule has 172 valence electrons. The molecule has 0 N–H and O–H groups in total. The van der Waals surface area contributed by atoms with E-state index in [1.807, 2.05) is 4.90 Å². The van der Waals surface area contributed by atoms with Crippen LogP contribution in [0.25, 0.3) is 0 Å². The highest BCUT2D eigenvalue weighted by molar-refractivity contribution is 5.82.